The molecule has 8 nitrogen and oxygen atoms in total. The summed E-state index contributed by atoms with van der Waals surface area (Å²) in [4.78, 5) is 14.4. The molecule has 5 heterocycles. The molecule has 0 bridgehead atoms. The molecule has 0 amide bonds. The van der Waals surface area contributed by atoms with Crippen molar-refractivity contribution in [3.05, 3.63) is 77.9 Å². The van der Waals surface area contributed by atoms with Gasteiger partial charge in [0.1, 0.15) is 18.2 Å². The average molecular weight is 460 g/mol. The number of hydrogen-bond acceptors (Lipinski definition) is 6. The van der Waals surface area contributed by atoms with Crippen molar-refractivity contribution in [1.82, 2.24) is 29.6 Å². The number of halogens is 1. The lowest BCUT2D eigenvalue weighted by molar-refractivity contribution is 0.295. The molecule has 174 valence electrons. The molecule has 0 radical (unpaired) electrons. The number of benzene rings is 1. The third-order valence-electron chi connectivity index (χ3n) is 6.95. The summed E-state index contributed by atoms with van der Waals surface area (Å²) in [6.07, 6.45) is 7.61. The summed E-state index contributed by atoms with van der Waals surface area (Å²) in [6, 6.07) is 10.4. The van der Waals surface area contributed by atoms with E-state index in [1.807, 2.05) is 18.3 Å². The molecule has 2 aliphatic heterocycles. The Kier molecular flexibility index (Phi) is 5.06. The van der Waals surface area contributed by atoms with Gasteiger partial charge in [-0.2, -0.15) is 5.10 Å². The van der Waals surface area contributed by atoms with Crippen molar-refractivity contribution < 1.29 is 9.13 Å². The number of imidazole rings is 1. The number of fused-ring (bicyclic) bond motifs is 2. The van der Waals surface area contributed by atoms with Crippen LogP contribution in [0.1, 0.15) is 29.9 Å². The number of anilines is 1. The number of hydrogen-bond donors (Lipinski definition) is 2. The Hall–Kier alpha value is -3.72. The smallest absolute Gasteiger partial charge is 0.166 e. The summed E-state index contributed by atoms with van der Waals surface area (Å²) in [7, 11) is 0. The van der Waals surface area contributed by atoms with E-state index in [0.717, 1.165) is 61.7 Å². The summed E-state index contributed by atoms with van der Waals surface area (Å²) < 4.78 is 21.5. The number of H-pyrrole nitrogens is 1. The van der Waals surface area contributed by atoms with Crippen LogP contribution in [0.2, 0.25) is 0 Å². The Morgan fingerprint density at radius 2 is 2.06 bits per heavy atom. The molecule has 3 N–H and O–H groups in total. The maximum atomic E-state index is 13.5. The highest BCUT2D eigenvalue weighted by atomic mass is 19.1. The number of aromatic amines is 1. The van der Waals surface area contributed by atoms with Crippen LogP contribution in [0.3, 0.4) is 0 Å². The molecule has 0 aliphatic carbocycles. The Labute approximate surface area is 196 Å². The van der Waals surface area contributed by atoms with Crippen LogP contribution in [0.15, 0.2) is 55.0 Å². The van der Waals surface area contributed by atoms with Gasteiger partial charge in [-0.15, -0.1) is 0 Å². The molecule has 3 aromatic heterocycles. The Bertz CT molecular complexity index is 1320. The first kappa shape index (κ1) is 20.9. The lowest BCUT2D eigenvalue weighted by Gasteiger charge is -2.23. The van der Waals surface area contributed by atoms with Gasteiger partial charge in [-0.05, 0) is 49.2 Å². The second kappa shape index (κ2) is 8.25. The van der Waals surface area contributed by atoms with Crippen LogP contribution in [0.5, 0.6) is 5.75 Å². The van der Waals surface area contributed by atoms with E-state index in [9.17, 15) is 4.39 Å². The van der Waals surface area contributed by atoms with Gasteiger partial charge in [0.2, 0.25) is 0 Å². The topological polar surface area (TPSA) is 97.9 Å². The third-order valence-corrected chi connectivity index (χ3v) is 6.95. The molecule has 1 atom stereocenters. The average Bonchev–Trinajstić information content (AvgIpc) is 3.62. The second-order valence-corrected chi connectivity index (χ2v) is 9.19. The van der Waals surface area contributed by atoms with E-state index in [2.05, 4.69) is 30.6 Å². The zero-order valence-electron chi connectivity index (χ0n) is 18.7. The number of rotatable bonds is 6. The van der Waals surface area contributed by atoms with Gasteiger partial charge in [0.15, 0.2) is 11.6 Å². The standard InChI is InChI=1S/C25H26FN7O/c26-19-3-1-2-17(10-19)15-34-21-11-18(13-30-24(21)27)20-12-22-25(5-9-33(22)31-20)4-8-32(16-25)14-23-28-6-7-29-23/h1-3,6-7,10-13H,4-5,8-9,14-16H2,(H2,27,30)(H,28,29)/t25-/m1/s1. The van der Waals surface area contributed by atoms with Crippen LogP contribution in [0, 0.1) is 5.82 Å². The number of ether oxygens (including phenoxy) is 1. The number of nitrogen functional groups attached to an aromatic ring is 1. The fraction of sp³-hybridized carbons (Fsp3) is 0.320. The summed E-state index contributed by atoms with van der Waals surface area (Å²) in [5.74, 6) is 1.47. The zero-order chi connectivity index (χ0) is 23.1. The zero-order valence-corrected chi connectivity index (χ0v) is 18.7. The van der Waals surface area contributed by atoms with Crippen molar-refractivity contribution >= 4 is 5.82 Å². The van der Waals surface area contributed by atoms with Crippen LogP contribution in [0.4, 0.5) is 10.2 Å². The fourth-order valence-electron chi connectivity index (χ4n) is 5.20. The predicted octanol–water partition coefficient (Wildman–Crippen LogP) is 3.52. The van der Waals surface area contributed by atoms with Crippen LogP contribution < -0.4 is 10.5 Å². The number of aryl methyl sites for hydroxylation is 1. The maximum Gasteiger partial charge on any atom is 0.166 e. The van der Waals surface area contributed by atoms with E-state index in [1.54, 1.807) is 18.5 Å². The third kappa shape index (κ3) is 3.81. The molecular weight excluding hydrogens is 433 g/mol. The molecule has 9 heteroatoms. The normalized spacial score (nSPS) is 19.7. The molecule has 1 aromatic carbocycles. The number of likely N-dealkylation sites (tertiary alicyclic amines) is 1. The highest BCUT2D eigenvalue weighted by Gasteiger charge is 2.45. The van der Waals surface area contributed by atoms with E-state index >= 15 is 0 Å². The van der Waals surface area contributed by atoms with Gasteiger partial charge in [0, 0.05) is 48.4 Å². The van der Waals surface area contributed by atoms with Gasteiger partial charge in [-0.1, -0.05) is 12.1 Å². The van der Waals surface area contributed by atoms with E-state index in [0.29, 0.717) is 11.6 Å². The minimum Gasteiger partial charge on any atom is -0.485 e. The Morgan fingerprint density at radius 1 is 1.15 bits per heavy atom. The lowest BCUT2D eigenvalue weighted by Crippen LogP contribution is -2.29. The molecular formula is C25H26FN7O. The predicted molar refractivity (Wildman–Crippen MR) is 125 cm³/mol. The first-order chi connectivity index (χ1) is 16.6. The number of pyridine rings is 1. The Balaban J connectivity index is 1.21. The summed E-state index contributed by atoms with van der Waals surface area (Å²) >= 11 is 0. The van der Waals surface area contributed by atoms with Crippen molar-refractivity contribution in [2.45, 2.75) is 38.0 Å². The van der Waals surface area contributed by atoms with Crippen molar-refractivity contribution in [2.24, 2.45) is 0 Å². The molecule has 1 fully saturated rings. The lowest BCUT2D eigenvalue weighted by atomic mass is 9.82. The first-order valence-corrected chi connectivity index (χ1v) is 11.5. The highest BCUT2D eigenvalue weighted by Crippen LogP contribution is 2.44. The second-order valence-electron chi connectivity index (χ2n) is 9.19. The minimum absolute atomic E-state index is 0.121. The van der Waals surface area contributed by atoms with Gasteiger partial charge in [0.05, 0.1) is 12.2 Å². The first-order valence-electron chi connectivity index (χ1n) is 11.5. The van der Waals surface area contributed by atoms with Gasteiger partial charge in [0.25, 0.3) is 0 Å². The molecule has 6 rings (SSSR count). The van der Waals surface area contributed by atoms with Crippen LogP contribution in [0.25, 0.3) is 11.3 Å². The fourth-order valence-corrected chi connectivity index (χ4v) is 5.20. The maximum absolute atomic E-state index is 13.5. The van der Waals surface area contributed by atoms with E-state index < -0.39 is 0 Å². The molecule has 2 aliphatic rings. The molecule has 1 saturated heterocycles. The molecule has 34 heavy (non-hydrogen) atoms. The SMILES string of the molecule is Nc1ncc(-c2cc3n(n2)CC[C@@]32CCN(Cc3ncc[nH]3)C2)cc1OCc1cccc(F)c1. The molecule has 1 spiro atoms. The number of nitrogens with one attached hydrogen (secondary N) is 1. The van der Waals surface area contributed by atoms with E-state index in [-0.39, 0.29) is 17.8 Å². The van der Waals surface area contributed by atoms with E-state index in [4.69, 9.17) is 15.6 Å². The number of aromatic nitrogens is 5. The molecule has 0 unspecified atom stereocenters. The van der Waals surface area contributed by atoms with Crippen LogP contribution in [-0.2, 0) is 25.1 Å². The van der Waals surface area contributed by atoms with Crippen LogP contribution in [-0.4, -0.2) is 42.7 Å². The largest absolute Gasteiger partial charge is 0.485 e. The Morgan fingerprint density at radius 3 is 2.91 bits per heavy atom. The quantitative estimate of drug-likeness (QED) is 0.458. The van der Waals surface area contributed by atoms with Crippen molar-refractivity contribution in [3.8, 4) is 17.0 Å². The van der Waals surface area contributed by atoms with Crippen molar-refractivity contribution in [1.29, 1.82) is 0 Å². The minimum atomic E-state index is -0.294. The molecule has 0 saturated carbocycles. The molecule has 4 aromatic rings. The number of nitrogens with two attached hydrogens (primary N) is 1. The monoisotopic (exact) mass is 459 g/mol. The van der Waals surface area contributed by atoms with Gasteiger partial charge in [-0.25, -0.2) is 14.4 Å². The van der Waals surface area contributed by atoms with Crippen molar-refractivity contribution in [3.63, 3.8) is 0 Å². The summed E-state index contributed by atoms with van der Waals surface area (Å²) in [5.41, 5.74) is 9.90. The summed E-state index contributed by atoms with van der Waals surface area (Å²) in [5, 5.41) is 4.88. The van der Waals surface area contributed by atoms with E-state index in [1.165, 1.54) is 17.8 Å². The number of nitrogens with zero attached hydrogens (tertiary/aromatic N) is 5. The van der Waals surface area contributed by atoms with Gasteiger partial charge < -0.3 is 15.5 Å². The highest BCUT2D eigenvalue weighted by molar-refractivity contribution is 5.64. The van der Waals surface area contributed by atoms with Crippen LogP contribution >= 0.6 is 0 Å². The van der Waals surface area contributed by atoms with Gasteiger partial charge in [-0.3, -0.25) is 9.58 Å². The van der Waals surface area contributed by atoms with Gasteiger partial charge >= 0.3 is 0 Å². The van der Waals surface area contributed by atoms with Crippen molar-refractivity contribution in [2.75, 3.05) is 18.8 Å². The summed E-state index contributed by atoms with van der Waals surface area (Å²) in [6.45, 7) is 4.00.